The molecular weight excluding hydrogens is 124 g/mol. The number of rotatable bonds is 2. The van der Waals surface area contributed by atoms with E-state index in [1.165, 1.54) is 19.3 Å². The molecule has 1 aliphatic carbocycles. The molecule has 0 saturated heterocycles. The molecule has 0 bridgehead atoms. The maximum atomic E-state index is 4.10. The standard InChI is InChI=1S/C8H11N2/c1-3-8(4-1)7-10-6-2-5-9-10/h5-6,8H,1,3-4,7H2. The first kappa shape index (κ1) is 5.96. The minimum Gasteiger partial charge on any atom is -0.272 e. The van der Waals surface area contributed by atoms with Crippen molar-refractivity contribution in [1.82, 2.24) is 9.78 Å². The van der Waals surface area contributed by atoms with Crippen molar-refractivity contribution in [2.75, 3.05) is 0 Å². The lowest BCUT2D eigenvalue weighted by atomic mass is 9.85. The molecule has 0 amide bonds. The van der Waals surface area contributed by atoms with Crippen LogP contribution in [0.2, 0.25) is 0 Å². The smallest absolute Gasteiger partial charge is 0.0569 e. The molecule has 0 aromatic carbocycles. The Morgan fingerprint density at radius 2 is 2.50 bits per heavy atom. The normalized spacial score (nSPS) is 18.8. The average molecular weight is 135 g/mol. The predicted octanol–water partition coefficient (Wildman–Crippen LogP) is 1.48. The molecule has 2 rings (SSSR count). The van der Waals surface area contributed by atoms with Crippen LogP contribution >= 0.6 is 0 Å². The lowest BCUT2D eigenvalue weighted by Crippen LogP contribution is -2.18. The van der Waals surface area contributed by atoms with Gasteiger partial charge in [-0.1, -0.05) is 6.42 Å². The summed E-state index contributed by atoms with van der Waals surface area (Å²) in [5, 5.41) is 4.10. The molecule has 1 aromatic rings. The minimum atomic E-state index is 0.897. The number of hydrogen-bond acceptors (Lipinski definition) is 1. The maximum absolute atomic E-state index is 4.10. The Balaban J connectivity index is 1.90. The van der Waals surface area contributed by atoms with Gasteiger partial charge in [-0.05, 0) is 18.8 Å². The zero-order valence-corrected chi connectivity index (χ0v) is 5.95. The largest absolute Gasteiger partial charge is 0.272 e. The van der Waals surface area contributed by atoms with E-state index < -0.39 is 0 Å². The van der Waals surface area contributed by atoms with E-state index in [1.807, 2.05) is 10.9 Å². The van der Waals surface area contributed by atoms with Gasteiger partial charge in [0.05, 0.1) is 6.20 Å². The Hall–Kier alpha value is -0.790. The molecule has 0 N–H and O–H groups in total. The summed E-state index contributed by atoms with van der Waals surface area (Å²) in [6, 6.07) is 2.94. The summed E-state index contributed by atoms with van der Waals surface area (Å²) in [7, 11) is 0. The molecule has 1 aromatic heterocycles. The summed E-state index contributed by atoms with van der Waals surface area (Å²) in [4.78, 5) is 0. The van der Waals surface area contributed by atoms with Crippen LogP contribution in [0, 0.1) is 12.0 Å². The van der Waals surface area contributed by atoms with Gasteiger partial charge in [-0.2, -0.15) is 5.10 Å². The second-order valence-electron chi connectivity index (χ2n) is 2.96. The van der Waals surface area contributed by atoms with E-state index in [-0.39, 0.29) is 0 Å². The molecule has 1 fully saturated rings. The summed E-state index contributed by atoms with van der Waals surface area (Å²) in [6.07, 6.45) is 7.83. The van der Waals surface area contributed by atoms with Crippen molar-refractivity contribution >= 4 is 0 Å². The van der Waals surface area contributed by atoms with Gasteiger partial charge in [-0.25, -0.2) is 0 Å². The van der Waals surface area contributed by atoms with Crippen molar-refractivity contribution in [3.63, 3.8) is 0 Å². The first-order valence-corrected chi connectivity index (χ1v) is 3.83. The van der Waals surface area contributed by atoms with Crippen molar-refractivity contribution in [1.29, 1.82) is 0 Å². The summed E-state index contributed by atoms with van der Waals surface area (Å²) in [5.41, 5.74) is 0. The topological polar surface area (TPSA) is 17.8 Å². The van der Waals surface area contributed by atoms with E-state index in [1.54, 1.807) is 6.20 Å². The van der Waals surface area contributed by atoms with Gasteiger partial charge in [0.15, 0.2) is 0 Å². The highest BCUT2D eigenvalue weighted by Crippen LogP contribution is 2.27. The summed E-state index contributed by atoms with van der Waals surface area (Å²) in [6.45, 7) is 1.10. The third-order valence-electron chi connectivity index (χ3n) is 2.17. The van der Waals surface area contributed by atoms with Crippen LogP contribution in [0.25, 0.3) is 0 Å². The van der Waals surface area contributed by atoms with E-state index in [0.29, 0.717) is 0 Å². The molecular formula is C8H11N2. The average Bonchev–Trinajstić information content (AvgIpc) is 2.29. The third kappa shape index (κ3) is 1.06. The van der Waals surface area contributed by atoms with Gasteiger partial charge in [0, 0.05) is 18.8 Å². The summed E-state index contributed by atoms with van der Waals surface area (Å²) >= 11 is 0. The highest BCUT2D eigenvalue weighted by molar-refractivity contribution is 4.77. The van der Waals surface area contributed by atoms with E-state index >= 15 is 0 Å². The van der Waals surface area contributed by atoms with Crippen LogP contribution in [-0.2, 0) is 6.54 Å². The fourth-order valence-corrected chi connectivity index (χ4v) is 1.30. The van der Waals surface area contributed by atoms with Crippen LogP contribution in [0.4, 0.5) is 0 Å². The van der Waals surface area contributed by atoms with Crippen molar-refractivity contribution in [2.45, 2.75) is 25.8 Å². The molecule has 10 heavy (non-hydrogen) atoms. The van der Waals surface area contributed by atoms with Crippen molar-refractivity contribution in [2.24, 2.45) is 5.92 Å². The monoisotopic (exact) mass is 135 g/mol. The van der Waals surface area contributed by atoms with Crippen LogP contribution < -0.4 is 0 Å². The highest BCUT2D eigenvalue weighted by atomic mass is 15.3. The third-order valence-corrected chi connectivity index (χ3v) is 2.17. The lowest BCUT2D eigenvalue weighted by molar-refractivity contribution is 0.266. The van der Waals surface area contributed by atoms with Crippen LogP contribution in [-0.4, -0.2) is 9.78 Å². The zero-order valence-electron chi connectivity index (χ0n) is 5.95. The number of nitrogens with zero attached hydrogens (tertiary/aromatic N) is 2. The predicted molar refractivity (Wildman–Crippen MR) is 38.4 cm³/mol. The molecule has 1 saturated carbocycles. The first-order valence-electron chi connectivity index (χ1n) is 3.83. The van der Waals surface area contributed by atoms with Gasteiger partial charge < -0.3 is 0 Å². The van der Waals surface area contributed by atoms with Crippen molar-refractivity contribution < 1.29 is 0 Å². The highest BCUT2D eigenvalue weighted by Gasteiger charge is 2.17. The maximum Gasteiger partial charge on any atom is 0.0569 e. The van der Waals surface area contributed by atoms with E-state index in [2.05, 4.69) is 11.2 Å². The van der Waals surface area contributed by atoms with Crippen LogP contribution in [0.1, 0.15) is 19.3 Å². The molecule has 2 nitrogen and oxygen atoms in total. The molecule has 0 atom stereocenters. The Labute approximate surface area is 60.9 Å². The molecule has 1 aliphatic rings. The summed E-state index contributed by atoms with van der Waals surface area (Å²) < 4.78 is 1.98. The van der Waals surface area contributed by atoms with E-state index in [0.717, 1.165) is 12.5 Å². The first-order chi connectivity index (χ1) is 4.95. The van der Waals surface area contributed by atoms with Gasteiger partial charge in [0.25, 0.3) is 0 Å². The quantitative estimate of drug-likeness (QED) is 0.600. The molecule has 53 valence electrons. The molecule has 0 spiro atoms. The lowest BCUT2D eigenvalue weighted by Gasteiger charge is -2.24. The Morgan fingerprint density at radius 3 is 3.00 bits per heavy atom. The second kappa shape index (κ2) is 2.45. The SMILES string of the molecule is [c]1cnn(CC2CCC2)c1. The molecule has 1 heterocycles. The Morgan fingerprint density at radius 1 is 1.60 bits per heavy atom. The van der Waals surface area contributed by atoms with Crippen molar-refractivity contribution in [3.8, 4) is 0 Å². The Bertz CT molecular complexity index is 187. The van der Waals surface area contributed by atoms with Crippen LogP contribution in [0.3, 0.4) is 0 Å². The van der Waals surface area contributed by atoms with Crippen molar-refractivity contribution in [3.05, 3.63) is 18.5 Å². The minimum absolute atomic E-state index is 0.897. The van der Waals surface area contributed by atoms with Gasteiger partial charge in [-0.15, -0.1) is 0 Å². The summed E-state index contributed by atoms with van der Waals surface area (Å²) in [5.74, 6) is 0.897. The second-order valence-corrected chi connectivity index (χ2v) is 2.96. The fraction of sp³-hybridized carbons (Fsp3) is 0.625. The van der Waals surface area contributed by atoms with Gasteiger partial charge in [-0.3, -0.25) is 4.68 Å². The molecule has 0 unspecified atom stereocenters. The number of hydrogen-bond donors (Lipinski definition) is 0. The fourth-order valence-electron chi connectivity index (χ4n) is 1.30. The van der Waals surface area contributed by atoms with Gasteiger partial charge in [0.2, 0.25) is 0 Å². The zero-order chi connectivity index (χ0) is 6.81. The number of aromatic nitrogens is 2. The van der Waals surface area contributed by atoms with Crippen LogP contribution in [0.5, 0.6) is 0 Å². The van der Waals surface area contributed by atoms with Gasteiger partial charge >= 0.3 is 0 Å². The van der Waals surface area contributed by atoms with E-state index in [4.69, 9.17) is 0 Å². The molecule has 1 radical (unpaired) electrons. The van der Waals surface area contributed by atoms with E-state index in [9.17, 15) is 0 Å². The van der Waals surface area contributed by atoms with Crippen LogP contribution in [0.15, 0.2) is 12.4 Å². The molecule has 2 heteroatoms. The molecule has 0 aliphatic heterocycles. The van der Waals surface area contributed by atoms with Gasteiger partial charge in [0.1, 0.15) is 0 Å². The Kier molecular flexibility index (Phi) is 1.46.